The molecule has 0 saturated carbocycles. The van der Waals surface area contributed by atoms with E-state index >= 15 is 0 Å². The molecule has 1 aromatic carbocycles. The molecule has 1 aliphatic rings. The van der Waals surface area contributed by atoms with E-state index in [1.807, 2.05) is 0 Å². The Balaban J connectivity index is 1.63. The van der Waals surface area contributed by atoms with Gasteiger partial charge in [0.1, 0.15) is 18.3 Å². The molecule has 0 radical (unpaired) electrons. The van der Waals surface area contributed by atoms with E-state index in [9.17, 15) is 13.6 Å². The zero-order chi connectivity index (χ0) is 20.3. The number of fused-ring (bicyclic) bond motifs is 1. The summed E-state index contributed by atoms with van der Waals surface area (Å²) in [6.45, 7) is 1.71. The summed E-state index contributed by atoms with van der Waals surface area (Å²) in [6, 6.07) is 6.69. The Morgan fingerprint density at radius 3 is 2.86 bits per heavy atom. The molecule has 2 heterocycles. The summed E-state index contributed by atoms with van der Waals surface area (Å²) in [7, 11) is 1.47. The number of para-hydroxylation sites is 2. The fourth-order valence-electron chi connectivity index (χ4n) is 3.10. The van der Waals surface area contributed by atoms with Crippen LogP contribution >= 0.6 is 0 Å². The molecular formula is C18H22F2N6O2. The minimum absolute atomic E-state index is 0.00262. The number of carbonyl (C=O) groups is 1. The van der Waals surface area contributed by atoms with Crippen LogP contribution in [0.4, 0.5) is 8.78 Å². The van der Waals surface area contributed by atoms with Crippen LogP contribution in [0.2, 0.25) is 0 Å². The Labute approximate surface area is 160 Å². The highest BCUT2D eigenvalue weighted by molar-refractivity contribution is 5.95. The number of ether oxygens (including phenoxy) is 1. The molecule has 1 aliphatic heterocycles. The first-order valence-corrected chi connectivity index (χ1v) is 8.73. The minimum atomic E-state index is -2.80. The zero-order valence-corrected chi connectivity index (χ0v) is 15.4. The van der Waals surface area contributed by atoms with E-state index in [2.05, 4.69) is 10.3 Å². The number of alkyl halides is 2. The molecule has 2 aromatic rings. The number of benzene rings is 1. The summed E-state index contributed by atoms with van der Waals surface area (Å²) >= 11 is 0. The third kappa shape index (κ3) is 4.11. The fourth-order valence-corrected chi connectivity index (χ4v) is 3.10. The lowest BCUT2D eigenvalue weighted by atomic mass is 10.00. The van der Waals surface area contributed by atoms with E-state index in [-0.39, 0.29) is 30.1 Å². The molecule has 0 unspecified atom stereocenters. The summed E-state index contributed by atoms with van der Waals surface area (Å²) in [4.78, 5) is 17.2. The fraction of sp³-hybridized carbons (Fsp3) is 0.389. The SMILES string of the molecule is COCC(=O)N1CC(CNC(=N)/C=C(\N)n2c(C(F)F)nc3ccccc32)C1. The first-order valence-electron chi connectivity index (χ1n) is 8.73. The number of nitrogens with zero attached hydrogens (tertiary/aromatic N) is 3. The van der Waals surface area contributed by atoms with Crippen molar-refractivity contribution in [1.29, 1.82) is 5.41 Å². The molecule has 0 spiro atoms. The first-order chi connectivity index (χ1) is 13.4. The Bertz CT molecular complexity index is 905. The molecule has 0 bridgehead atoms. The van der Waals surface area contributed by atoms with E-state index < -0.39 is 12.2 Å². The van der Waals surface area contributed by atoms with Gasteiger partial charge in [-0.25, -0.2) is 13.8 Å². The maximum atomic E-state index is 13.4. The Kier molecular flexibility index (Phi) is 5.88. The van der Waals surface area contributed by atoms with Crippen molar-refractivity contribution in [3.8, 4) is 0 Å². The molecule has 1 fully saturated rings. The van der Waals surface area contributed by atoms with Crippen LogP contribution in [0, 0.1) is 11.3 Å². The maximum absolute atomic E-state index is 13.4. The van der Waals surface area contributed by atoms with Crippen molar-refractivity contribution < 1.29 is 18.3 Å². The summed E-state index contributed by atoms with van der Waals surface area (Å²) in [5.41, 5.74) is 6.85. The smallest absolute Gasteiger partial charge is 0.296 e. The van der Waals surface area contributed by atoms with Gasteiger partial charge >= 0.3 is 0 Å². The molecule has 28 heavy (non-hydrogen) atoms. The van der Waals surface area contributed by atoms with Crippen molar-refractivity contribution in [2.24, 2.45) is 11.7 Å². The number of aromatic nitrogens is 2. The van der Waals surface area contributed by atoms with Gasteiger partial charge in [0.25, 0.3) is 6.43 Å². The largest absolute Gasteiger partial charge is 0.385 e. The van der Waals surface area contributed by atoms with Gasteiger partial charge in [-0.1, -0.05) is 12.1 Å². The second-order valence-electron chi connectivity index (χ2n) is 6.56. The van der Waals surface area contributed by atoms with Crippen LogP contribution in [-0.2, 0) is 9.53 Å². The Hall–Kier alpha value is -3.01. The highest BCUT2D eigenvalue weighted by Gasteiger charge is 2.30. The molecule has 1 saturated heterocycles. The first kappa shape index (κ1) is 19.7. The van der Waals surface area contributed by atoms with Crippen LogP contribution in [0.15, 0.2) is 30.3 Å². The Morgan fingerprint density at radius 2 is 2.18 bits per heavy atom. The number of hydrogen-bond donors (Lipinski definition) is 3. The van der Waals surface area contributed by atoms with Crippen molar-refractivity contribution in [3.05, 3.63) is 36.2 Å². The molecule has 10 heteroatoms. The van der Waals surface area contributed by atoms with Gasteiger partial charge in [-0.15, -0.1) is 0 Å². The van der Waals surface area contributed by atoms with Gasteiger partial charge < -0.3 is 20.7 Å². The van der Waals surface area contributed by atoms with Gasteiger partial charge in [0.2, 0.25) is 5.91 Å². The summed E-state index contributed by atoms with van der Waals surface area (Å²) in [5, 5.41) is 10.9. The highest BCUT2D eigenvalue weighted by Crippen LogP contribution is 2.25. The van der Waals surface area contributed by atoms with Gasteiger partial charge in [0, 0.05) is 38.7 Å². The molecule has 3 rings (SSSR count). The van der Waals surface area contributed by atoms with Crippen LogP contribution in [0.25, 0.3) is 16.9 Å². The lowest BCUT2D eigenvalue weighted by Gasteiger charge is -2.39. The molecule has 8 nitrogen and oxygen atoms in total. The van der Waals surface area contributed by atoms with Gasteiger partial charge in [-0.2, -0.15) is 0 Å². The number of likely N-dealkylation sites (tertiary alicyclic amines) is 1. The predicted molar refractivity (Wildman–Crippen MR) is 101 cm³/mol. The van der Waals surface area contributed by atoms with Crippen molar-refractivity contribution in [2.75, 3.05) is 33.4 Å². The highest BCUT2D eigenvalue weighted by atomic mass is 19.3. The number of carbonyl (C=O) groups excluding carboxylic acids is 1. The van der Waals surface area contributed by atoms with Gasteiger partial charge in [-0.3, -0.25) is 14.8 Å². The third-order valence-electron chi connectivity index (χ3n) is 4.49. The number of imidazole rings is 1. The zero-order valence-electron chi connectivity index (χ0n) is 15.4. The molecular weight excluding hydrogens is 370 g/mol. The standard InChI is InChI=1S/C18H22F2N6O2/c1-28-10-16(27)25-8-11(9-25)7-23-14(21)6-15(22)26-13-5-3-2-4-12(13)24-18(26)17(19)20/h2-6,11,17H,7-10,22H2,1H3,(H2,21,23)/b15-6+. The molecule has 4 N–H and O–H groups in total. The van der Waals surface area contributed by atoms with E-state index in [0.717, 1.165) is 4.57 Å². The van der Waals surface area contributed by atoms with Gasteiger partial charge in [0.05, 0.1) is 11.0 Å². The summed E-state index contributed by atoms with van der Waals surface area (Å²) < 4.78 is 32.7. The monoisotopic (exact) mass is 392 g/mol. The van der Waals surface area contributed by atoms with Gasteiger partial charge in [-0.05, 0) is 12.1 Å². The number of nitrogens with one attached hydrogen (secondary N) is 2. The molecule has 1 aromatic heterocycles. The summed E-state index contributed by atoms with van der Waals surface area (Å²) in [5.74, 6) is -0.343. The predicted octanol–water partition coefficient (Wildman–Crippen LogP) is 1.40. The third-order valence-corrected chi connectivity index (χ3v) is 4.49. The van der Waals surface area contributed by atoms with Crippen molar-refractivity contribution in [2.45, 2.75) is 6.43 Å². The van der Waals surface area contributed by atoms with Crippen LogP contribution in [0.3, 0.4) is 0 Å². The summed E-state index contributed by atoms with van der Waals surface area (Å²) in [6.07, 6.45) is -1.51. The van der Waals surface area contributed by atoms with Gasteiger partial charge in [0.15, 0.2) is 5.82 Å². The lowest BCUT2D eigenvalue weighted by Crippen LogP contribution is -2.54. The molecule has 0 atom stereocenters. The van der Waals surface area contributed by atoms with Crippen LogP contribution in [-0.4, -0.2) is 59.5 Å². The molecule has 1 amide bonds. The van der Waals surface area contributed by atoms with Crippen molar-refractivity contribution >= 4 is 28.6 Å². The maximum Gasteiger partial charge on any atom is 0.296 e. The number of halogens is 2. The normalized spacial score (nSPS) is 15.1. The average molecular weight is 392 g/mol. The Morgan fingerprint density at radius 1 is 1.46 bits per heavy atom. The van der Waals surface area contributed by atoms with Crippen molar-refractivity contribution in [1.82, 2.24) is 19.8 Å². The van der Waals surface area contributed by atoms with Crippen LogP contribution in [0.1, 0.15) is 12.2 Å². The van der Waals surface area contributed by atoms with E-state index in [1.165, 1.54) is 13.2 Å². The van der Waals surface area contributed by atoms with Crippen molar-refractivity contribution in [3.63, 3.8) is 0 Å². The van der Waals surface area contributed by atoms with E-state index in [1.54, 1.807) is 29.2 Å². The minimum Gasteiger partial charge on any atom is -0.385 e. The second-order valence-corrected chi connectivity index (χ2v) is 6.56. The number of rotatable bonds is 7. The lowest BCUT2D eigenvalue weighted by molar-refractivity contribution is -0.141. The van der Waals surface area contributed by atoms with Crippen LogP contribution in [0.5, 0.6) is 0 Å². The topological polar surface area (TPSA) is 109 Å². The number of amides is 1. The number of hydrogen-bond acceptors (Lipinski definition) is 5. The molecule has 0 aliphatic carbocycles. The van der Waals surface area contributed by atoms with E-state index in [4.69, 9.17) is 15.9 Å². The average Bonchev–Trinajstić information content (AvgIpc) is 3.00. The number of amidine groups is 1. The number of methoxy groups -OCH3 is 1. The molecule has 150 valence electrons. The van der Waals surface area contributed by atoms with E-state index in [0.29, 0.717) is 30.7 Å². The van der Waals surface area contributed by atoms with Crippen LogP contribution < -0.4 is 11.1 Å². The quantitative estimate of drug-likeness (QED) is 0.488. The second kappa shape index (κ2) is 8.34. The number of nitrogens with two attached hydrogens (primary N) is 1.